The van der Waals surface area contributed by atoms with E-state index in [0.717, 1.165) is 19.3 Å². The molecule has 4 rings (SSSR count). The van der Waals surface area contributed by atoms with Gasteiger partial charge in [-0.25, -0.2) is 0 Å². The highest BCUT2D eigenvalue weighted by molar-refractivity contribution is 8.02. The van der Waals surface area contributed by atoms with Crippen LogP contribution in [0.5, 0.6) is 0 Å². The summed E-state index contributed by atoms with van der Waals surface area (Å²) in [5, 5.41) is 9.67. The Morgan fingerprint density at radius 3 is 2.81 bits per heavy atom. The zero-order valence-corrected chi connectivity index (χ0v) is 19.1. The summed E-state index contributed by atoms with van der Waals surface area (Å²) in [7, 11) is 0. The third-order valence-corrected chi connectivity index (χ3v) is 8.66. The van der Waals surface area contributed by atoms with Crippen molar-refractivity contribution >= 4 is 29.5 Å². The molecule has 170 valence electrons. The molecule has 4 heterocycles. The van der Waals surface area contributed by atoms with E-state index in [0.29, 0.717) is 26.1 Å². The Morgan fingerprint density at radius 1 is 1.26 bits per heavy atom. The van der Waals surface area contributed by atoms with E-state index in [1.165, 1.54) is 11.8 Å². The number of cyclic esters (lactones) is 1. The van der Waals surface area contributed by atoms with Gasteiger partial charge in [0, 0.05) is 18.3 Å². The molecule has 8 heteroatoms. The summed E-state index contributed by atoms with van der Waals surface area (Å²) in [6.07, 6.45) is 11.7. The van der Waals surface area contributed by atoms with Crippen LogP contribution in [-0.4, -0.2) is 81.1 Å². The molecule has 2 fully saturated rings. The van der Waals surface area contributed by atoms with E-state index in [1.54, 1.807) is 11.8 Å². The fourth-order valence-electron chi connectivity index (χ4n) is 5.41. The first-order valence-corrected chi connectivity index (χ1v) is 12.2. The maximum absolute atomic E-state index is 13.8. The fraction of sp³-hybridized carbons (Fsp3) is 0.696. The van der Waals surface area contributed by atoms with E-state index in [1.807, 2.05) is 29.2 Å². The van der Waals surface area contributed by atoms with Gasteiger partial charge in [0.25, 0.3) is 0 Å². The molecule has 1 N–H and O–H groups in total. The predicted octanol–water partition coefficient (Wildman–Crippen LogP) is 1.76. The van der Waals surface area contributed by atoms with Crippen molar-refractivity contribution in [2.45, 2.75) is 61.6 Å². The van der Waals surface area contributed by atoms with Crippen LogP contribution in [0.1, 0.15) is 39.5 Å². The number of carbonyl (C=O) groups excluding carboxylic acids is 3. The lowest BCUT2D eigenvalue weighted by Gasteiger charge is -2.37. The van der Waals surface area contributed by atoms with E-state index >= 15 is 0 Å². The van der Waals surface area contributed by atoms with Gasteiger partial charge < -0.3 is 19.6 Å². The second-order valence-electron chi connectivity index (χ2n) is 8.90. The van der Waals surface area contributed by atoms with Crippen molar-refractivity contribution in [1.82, 2.24) is 9.80 Å². The summed E-state index contributed by atoms with van der Waals surface area (Å²) >= 11 is 1.54. The van der Waals surface area contributed by atoms with E-state index in [-0.39, 0.29) is 29.6 Å². The van der Waals surface area contributed by atoms with Gasteiger partial charge in [0.1, 0.15) is 6.04 Å². The lowest BCUT2D eigenvalue weighted by atomic mass is 9.78. The van der Waals surface area contributed by atoms with Crippen LogP contribution in [0.2, 0.25) is 0 Å². The molecule has 1 spiro atoms. The number of hydrogen-bond acceptors (Lipinski definition) is 6. The van der Waals surface area contributed by atoms with Crippen LogP contribution < -0.4 is 0 Å². The fourth-order valence-corrected chi connectivity index (χ4v) is 7.40. The highest BCUT2D eigenvalue weighted by Crippen LogP contribution is 2.61. The number of thioether (sulfide) groups is 1. The number of aliphatic hydroxyl groups excluding tert-OH is 1. The van der Waals surface area contributed by atoms with Crippen LogP contribution >= 0.6 is 11.8 Å². The van der Waals surface area contributed by atoms with Crippen LogP contribution in [0.15, 0.2) is 24.3 Å². The van der Waals surface area contributed by atoms with Crippen molar-refractivity contribution < 1.29 is 24.2 Å². The number of aliphatic hydroxyl groups is 1. The summed E-state index contributed by atoms with van der Waals surface area (Å²) in [6.45, 7) is 5.09. The maximum Gasteiger partial charge on any atom is 0.311 e. The van der Waals surface area contributed by atoms with Crippen LogP contribution in [0.3, 0.4) is 0 Å². The molecule has 7 nitrogen and oxygen atoms in total. The molecule has 1 unspecified atom stereocenters. The lowest BCUT2D eigenvalue weighted by molar-refractivity contribution is -0.153. The number of rotatable bonds is 6. The molecule has 0 radical (unpaired) electrons. The van der Waals surface area contributed by atoms with Crippen molar-refractivity contribution in [3.05, 3.63) is 24.3 Å². The molecule has 4 aliphatic heterocycles. The minimum Gasteiger partial charge on any atom is -0.465 e. The zero-order valence-electron chi connectivity index (χ0n) is 18.2. The minimum absolute atomic E-state index is 0.0867. The molecule has 0 bridgehead atoms. The molecule has 0 aromatic heterocycles. The maximum atomic E-state index is 13.8. The molecule has 2 saturated heterocycles. The third-order valence-electron chi connectivity index (χ3n) is 6.91. The summed E-state index contributed by atoms with van der Waals surface area (Å²) < 4.78 is 4.62. The Hall–Kier alpha value is -1.80. The molecule has 4 aliphatic rings. The normalized spacial score (nSPS) is 35.8. The van der Waals surface area contributed by atoms with Crippen molar-refractivity contribution in [2.24, 2.45) is 11.8 Å². The van der Waals surface area contributed by atoms with Gasteiger partial charge in [0.05, 0.1) is 35.8 Å². The molecular weight excluding hydrogens is 416 g/mol. The van der Waals surface area contributed by atoms with Gasteiger partial charge in [0.15, 0.2) is 0 Å². The number of likely N-dealkylation sites (tertiary alicyclic amines) is 1. The first-order valence-electron chi connectivity index (χ1n) is 11.4. The van der Waals surface area contributed by atoms with Crippen molar-refractivity contribution in [1.29, 1.82) is 0 Å². The average molecular weight is 449 g/mol. The Balaban J connectivity index is 1.77. The Morgan fingerprint density at radius 2 is 2.06 bits per heavy atom. The second-order valence-corrected chi connectivity index (χ2v) is 10.4. The number of ether oxygens (including phenoxy) is 1. The Labute approximate surface area is 187 Å². The topological polar surface area (TPSA) is 87.2 Å². The number of unbranched alkanes of at least 4 members (excludes halogenated alkanes) is 2. The largest absolute Gasteiger partial charge is 0.465 e. The van der Waals surface area contributed by atoms with Crippen LogP contribution in [-0.2, 0) is 19.1 Å². The molecule has 0 saturated carbocycles. The Kier molecular flexibility index (Phi) is 6.49. The van der Waals surface area contributed by atoms with Crippen molar-refractivity contribution in [3.63, 3.8) is 0 Å². The van der Waals surface area contributed by atoms with E-state index in [4.69, 9.17) is 4.74 Å². The van der Waals surface area contributed by atoms with Gasteiger partial charge in [-0.1, -0.05) is 44.1 Å². The van der Waals surface area contributed by atoms with E-state index in [2.05, 4.69) is 6.92 Å². The van der Waals surface area contributed by atoms with Gasteiger partial charge in [-0.3, -0.25) is 14.4 Å². The van der Waals surface area contributed by atoms with Gasteiger partial charge >= 0.3 is 5.97 Å². The summed E-state index contributed by atoms with van der Waals surface area (Å²) in [6, 6.07) is -1.24. The highest BCUT2D eigenvalue weighted by atomic mass is 32.2. The van der Waals surface area contributed by atoms with Gasteiger partial charge in [-0.2, -0.15) is 0 Å². The standard InChI is InChI=1S/C23H32N2O5S/c1-3-4-6-11-24-12-8-10-23-18(17-16(31-23)9-5-7-13-30-22(17)29)20(27)25(15(2)14-26)19(23)21(24)28/h5,8-10,15-19,26H,3-4,6-7,11-14H2,1-2H3/t15-,16-,17+,18+,19?,23+/m1/s1. The minimum atomic E-state index is -0.833. The van der Waals surface area contributed by atoms with Crippen molar-refractivity contribution in [3.8, 4) is 0 Å². The van der Waals surface area contributed by atoms with Crippen LogP contribution in [0.4, 0.5) is 0 Å². The lowest BCUT2D eigenvalue weighted by Crippen LogP contribution is -2.56. The first kappa shape index (κ1) is 22.4. The van der Waals surface area contributed by atoms with E-state index in [9.17, 15) is 19.5 Å². The molecule has 0 aromatic rings. The number of amides is 2. The monoisotopic (exact) mass is 448 g/mol. The highest BCUT2D eigenvalue weighted by Gasteiger charge is 2.71. The molecule has 0 aliphatic carbocycles. The summed E-state index contributed by atoms with van der Waals surface area (Å²) in [5.41, 5.74) is 0. The summed E-state index contributed by atoms with van der Waals surface area (Å²) in [5.74, 6) is -1.98. The smallest absolute Gasteiger partial charge is 0.311 e. The number of hydrogen-bond donors (Lipinski definition) is 1. The van der Waals surface area contributed by atoms with E-state index < -0.39 is 28.7 Å². The number of fused-ring (bicyclic) bond motifs is 2. The van der Waals surface area contributed by atoms with Gasteiger partial charge in [-0.15, -0.1) is 11.8 Å². The second kappa shape index (κ2) is 8.98. The van der Waals surface area contributed by atoms with Gasteiger partial charge in [-0.05, 0) is 19.8 Å². The quantitative estimate of drug-likeness (QED) is 0.379. The average Bonchev–Trinajstić information content (AvgIpc) is 3.13. The molecule has 0 aromatic carbocycles. The number of nitrogens with zero attached hydrogens (tertiary/aromatic N) is 2. The molecule has 6 atom stereocenters. The zero-order chi connectivity index (χ0) is 22.2. The number of carbonyl (C=O) groups is 3. The molecular formula is C23H32N2O5S. The summed E-state index contributed by atoms with van der Waals surface area (Å²) in [4.78, 5) is 43.9. The molecule has 2 amide bonds. The van der Waals surface area contributed by atoms with Gasteiger partial charge in [0.2, 0.25) is 11.8 Å². The Bertz CT molecular complexity index is 799. The SMILES string of the molecule is CCCCCN1CC=C[C@]23S[C@@H]4C=CCCOC(=O)[C@@H]4[C@H]2C(=O)N([C@H](C)CO)C3C1=O. The predicted molar refractivity (Wildman–Crippen MR) is 118 cm³/mol. The van der Waals surface area contributed by atoms with Crippen LogP contribution in [0.25, 0.3) is 0 Å². The third kappa shape index (κ3) is 3.61. The van der Waals surface area contributed by atoms with Crippen molar-refractivity contribution in [2.75, 3.05) is 26.3 Å². The first-order chi connectivity index (χ1) is 15.0. The van der Waals surface area contributed by atoms with Crippen LogP contribution in [0, 0.1) is 11.8 Å². The number of esters is 1. The molecule has 31 heavy (non-hydrogen) atoms.